The molecule has 0 unspecified atom stereocenters. The molecule has 0 atom stereocenters. The number of pyridine rings is 1. The molecule has 0 spiro atoms. The van der Waals surface area contributed by atoms with Crippen LogP contribution in [-0.2, 0) is 21.4 Å². The van der Waals surface area contributed by atoms with Crippen LogP contribution in [-0.4, -0.2) is 41.2 Å². The fraction of sp³-hybridized carbons (Fsp3) is 0.158. The van der Waals surface area contributed by atoms with E-state index in [0.717, 1.165) is 10.6 Å². The average Bonchev–Trinajstić information content (AvgIpc) is 3.07. The molecule has 0 aliphatic carbocycles. The molecule has 5 rings (SSSR count). The van der Waals surface area contributed by atoms with Gasteiger partial charge >= 0.3 is 5.97 Å². The van der Waals surface area contributed by atoms with E-state index in [9.17, 15) is 18.0 Å². The molecule has 2 aromatic heterocycles. The molecular weight excluding hydrogens is 428 g/mol. The molecule has 0 radical (unpaired) electrons. The number of esters is 1. The van der Waals surface area contributed by atoms with Gasteiger partial charge in [0, 0.05) is 23.7 Å². The van der Waals surface area contributed by atoms with Gasteiger partial charge in [0.2, 0.25) is 0 Å². The van der Waals surface area contributed by atoms with E-state index in [2.05, 4.69) is 9.38 Å². The zero-order valence-corrected chi connectivity index (χ0v) is 17.0. The Kier molecular flexibility index (Phi) is 4.36. The maximum absolute atomic E-state index is 12.5. The number of carbonyl (C=O) groups excluding carboxylic acids is 1. The van der Waals surface area contributed by atoms with Crippen molar-refractivity contribution < 1.29 is 17.9 Å². The Labute approximate surface area is 175 Å². The number of aromatic nitrogens is 2. The standard InChI is InChI=1S/C19H14N4O5S2/c24-17-10-13(20-16-3-1-2-6-23(16)17)11-28-18(25)12-4-5-14-15(9-12)29-19-21-30(26,27)8-7-22(14)19/h1-6,9-10H,7-8,11H2. The molecule has 1 aromatic carbocycles. The van der Waals surface area contributed by atoms with Crippen molar-refractivity contribution in [1.29, 1.82) is 0 Å². The molecule has 0 N–H and O–H groups in total. The quantitative estimate of drug-likeness (QED) is 0.563. The lowest BCUT2D eigenvalue weighted by atomic mass is 10.2. The molecule has 2 aliphatic rings. The topological polar surface area (TPSA) is 110 Å². The minimum atomic E-state index is -3.44. The molecule has 0 saturated heterocycles. The highest BCUT2D eigenvalue weighted by Crippen LogP contribution is 2.42. The average molecular weight is 442 g/mol. The van der Waals surface area contributed by atoms with E-state index in [-0.39, 0.29) is 17.9 Å². The van der Waals surface area contributed by atoms with Gasteiger partial charge in [0.25, 0.3) is 15.6 Å². The number of amidine groups is 1. The summed E-state index contributed by atoms with van der Waals surface area (Å²) in [5, 5.41) is 0.391. The lowest BCUT2D eigenvalue weighted by molar-refractivity contribution is 0.0467. The number of hydrogen-bond donors (Lipinski definition) is 0. The van der Waals surface area contributed by atoms with Gasteiger partial charge in [-0.1, -0.05) is 6.07 Å². The van der Waals surface area contributed by atoms with E-state index in [0.29, 0.717) is 28.6 Å². The first kappa shape index (κ1) is 18.8. The SMILES string of the molecule is O=C(OCc1cc(=O)n2ccccc2n1)c1ccc2c(c1)SC1=NS(=O)(=O)CCN12. The third kappa shape index (κ3) is 3.35. The van der Waals surface area contributed by atoms with E-state index in [4.69, 9.17) is 4.74 Å². The number of ether oxygens (including phenoxy) is 1. The van der Waals surface area contributed by atoms with E-state index in [1.54, 1.807) is 42.6 Å². The second-order valence-corrected chi connectivity index (χ2v) is 9.45. The third-order valence-electron chi connectivity index (χ3n) is 4.68. The Hall–Kier alpha value is -3.18. The number of fused-ring (bicyclic) bond motifs is 4. The van der Waals surface area contributed by atoms with Crippen molar-refractivity contribution in [1.82, 2.24) is 9.38 Å². The number of sulfonamides is 1. The summed E-state index contributed by atoms with van der Waals surface area (Å²) >= 11 is 1.20. The first-order chi connectivity index (χ1) is 14.4. The fourth-order valence-corrected chi connectivity index (χ4v) is 5.55. The van der Waals surface area contributed by atoms with Crippen LogP contribution in [0.4, 0.5) is 5.69 Å². The lowest BCUT2D eigenvalue weighted by Gasteiger charge is -2.22. The molecule has 2 aliphatic heterocycles. The third-order valence-corrected chi connectivity index (χ3v) is 6.99. The van der Waals surface area contributed by atoms with Crippen LogP contribution in [0.3, 0.4) is 0 Å². The molecule has 9 nitrogen and oxygen atoms in total. The Balaban J connectivity index is 1.35. The molecule has 152 valence electrons. The van der Waals surface area contributed by atoms with Crippen LogP contribution in [0, 0.1) is 0 Å². The summed E-state index contributed by atoms with van der Waals surface area (Å²) in [5.41, 5.74) is 1.70. The number of anilines is 1. The number of rotatable bonds is 3. The van der Waals surface area contributed by atoms with Crippen molar-refractivity contribution in [3.63, 3.8) is 0 Å². The van der Waals surface area contributed by atoms with Crippen LogP contribution in [0.25, 0.3) is 5.65 Å². The van der Waals surface area contributed by atoms with Crippen LogP contribution in [0.2, 0.25) is 0 Å². The normalized spacial score (nSPS) is 16.7. The molecule has 11 heteroatoms. The number of benzene rings is 1. The van der Waals surface area contributed by atoms with Crippen LogP contribution in [0.15, 0.2) is 62.7 Å². The first-order valence-electron chi connectivity index (χ1n) is 8.96. The summed E-state index contributed by atoms with van der Waals surface area (Å²) in [6.45, 7) is 0.189. The van der Waals surface area contributed by atoms with Gasteiger partial charge in [-0.15, -0.1) is 4.40 Å². The van der Waals surface area contributed by atoms with Gasteiger partial charge in [0.1, 0.15) is 12.3 Å². The van der Waals surface area contributed by atoms with E-state index in [1.807, 2.05) is 4.90 Å². The predicted octanol–water partition coefficient (Wildman–Crippen LogP) is 1.66. The molecule has 0 saturated carbocycles. The highest BCUT2D eigenvalue weighted by atomic mass is 32.2. The molecule has 30 heavy (non-hydrogen) atoms. The van der Waals surface area contributed by atoms with Crippen molar-refractivity contribution >= 4 is 44.3 Å². The predicted molar refractivity (Wildman–Crippen MR) is 111 cm³/mol. The molecule has 0 amide bonds. The number of nitrogens with zero attached hydrogens (tertiary/aromatic N) is 4. The number of thioether (sulfide) groups is 1. The number of hydrogen-bond acceptors (Lipinski definition) is 8. The highest BCUT2D eigenvalue weighted by Gasteiger charge is 2.33. The molecule has 4 heterocycles. The maximum atomic E-state index is 12.5. The second-order valence-electron chi connectivity index (χ2n) is 6.69. The summed E-state index contributed by atoms with van der Waals surface area (Å²) in [5.74, 6) is -0.605. The maximum Gasteiger partial charge on any atom is 0.338 e. The summed E-state index contributed by atoms with van der Waals surface area (Å²) in [7, 11) is -3.44. The van der Waals surface area contributed by atoms with E-state index < -0.39 is 16.0 Å². The summed E-state index contributed by atoms with van der Waals surface area (Å²) in [6.07, 6.45) is 1.62. The van der Waals surface area contributed by atoms with Crippen molar-refractivity contribution in [3.8, 4) is 0 Å². The van der Waals surface area contributed by atoms with Crippen molar-refractivity contribution in [2.24, 2.45) is 4.40 Å². The van der Waals surface area contributed by atoms with Gasteiger partial charge in [0.15, 0.2) is 5.17 Å². The Morgan fingerprint density at radius 2 is 2.07 bits per heavy atom. The molecule has 0 bridgehead atoms. The summed E-state index contributed by atoms with van der Waals surface area (Å²) in [6, 6.07) is 11.5. The number of carbonyl (C=O) groups is 1. The summed E-state index contributed by atoms with van der Waals surface area (Å²) < 4.78 is 34.0. The van der Waals surface area contributed by atoms with Gasteiger partial charge in [-0.05, 0) is 42.1 Å². The minimum Gasteiger partial charge on any atom is -0.456 e. The van der Waals surface area contributed by atoms with Crippen molar-refractivity contribution in [2.45, 2.75) is 11.5 Å². The summed E-state index contributed by atoms with van der Waals surface area (Å²) in [4.78, 5) is 31.5. The Bertz CT molecular complexity index is 1400. The smallest absolute Gasteiger partial charge is 0.338 e. The Morgan fingerprint density at radius 1 is 1.20 bits per heavy atom. The van der Waals surface area contributed by atoms with Crippen LogP contribution in [0.5, 0.6) is 0 Å². The lowest BCUT2D eigenvalue weighted by Crippen LogP contribution is -2.35. The second kappa shape index (κ2) is 6.96. The van der Waals surface area contributed by atoms with Gasteiger partial charge in [-0.2, -0.15) is 0 Å². The minimum absolute atomic E-state index is 0.0426. The largest absolute Gasteiger partial charge is 0.456 e. The monoisotopic (exact) mass is 442 g/mol. The highest BCUT2D eigenvalue weighted by molar-refractivity contribution is 8.15. The zero-order valence-electron chi connectivity index (χ0n) is 15.4. The molecule has 3 aromatic rings. The molecule has 0 fully saturated rings. The fourth-order valence-electron chi connectivity index (χ4n) is 3.26. The Morgan fingerprint density at radius 3 is 2.93 bits per heavy atom. The first-order valence-corrected chi connectivity index (χ1v) is 11.4. The van der Waals surface area contributed by atoms with Gasteiger partial charge in [0.05, 0.1) is 22.7 Å². The van der Waals surface area contributed by atoms with E-state index in [1.165, 1.54) is 22.2 Å². The van der Waals surface area contributed by atoms with Crippen LogP contribution < -0.4 is 10.5 Å². The van der Waals surface area contributed by atoms with Gasteiger partial charge in [-0.25, -0.2) is 18.2 Å². The molecular formula is C19H14N4O5S2. The van der Waals surface area contributed by atoms with Crippen LogP contribution in [0.1, 0.15) is 16.1 Å². The van der Waals surface area contributed by atoms with E-state index >= 15 is 0 Å². The zero-order chi connectivity index (χ0) is 20.9. The van der Waals surface area contributed by atoms with Gasteiger partial charge in [-0.3, -0.25) is 9.20 Å². The van der Waals surface area contributed by atoms with Gasteiger partial charge < -0.3 is 9.64 Å². The van der Waals surface area contributed by atoms with Crippen molar-refractivity contribution in [3.05, 3.63) is 70.3 Å². The van der Waals surface area contributed by atoms with Crippen molar-refractivity contribution in [2.75, 3.05) is 17.2 Å². The van der Waals surface area contributed by atoms with Crippen LogP contribution >= 0.6 is 11.8 Å².